The Labute approximate surface area is 118 Å². The monoisotopic (exact) mass is 279 g/mol. The van der Waals surface area contributed by atoms with Crippen LogP contribution in [-0.2, 0) is 0 Å². The Balaban J connectivity index is 2.50. The van der Waals surface area contributed by atoms with E-state index in [0.29, 0.717) is 10.0 Å². The van der Waals surface area contributed by atoms with Gasteiger partial charge in [-0.2, -0.15) is 0 Å². The first-order valence-corrected chi connectivity index (χ1v) is 6.52. The molecule has 0 aliphatic heterocycles. The molecule has 0 radical (unpaired) electrons. The summed E-state index contributed by atoms with van der Waals surface area (Å²) in [6.07, 6.45) is 0. The lowest BCUT2D eigenvalue weighted by Crippen LogP contribution is -2.14. The molecule has 0 aliphatic carbocycles. The lowest BCUT2D eigenvalue weighted by Gasteiger charge is -2.17. The van der Waals surface area contributed by atoms with E-state index >= 15 is 0 Å². The molecule has 0 heterocycles. The highest BCUT2D eigenvalue weighted by Gasteiger charge is 2.15. The van der Waals surface area contributed by atoms with Crippen molar-refractivity contribution >= 4 is 23.2 Å². The van der Waals surface area contributed by atoms with Gasteiger partial charge in [0.15, 0.2) is 0 Å². The molecule has 18 heavy (non-hydrogen) atoms. The molecule has 2 N–H and O–H groups in total. The Morgan fingerprint density at radius 3 is 2.39 bits per heavy atom. The number of benzene rings is 2. The van der Waals surface area contributed by atoms with Gasteiger partial charge >= 0.3 is 0 Å². The van der Waals surface area contributed by atoms with Crippen molar-refractivity contribution in [2.45, 2.75) is 19.9 Å². The quantitative estimate of drug-likeness (QED) is 0.850. The summed E-state index contributed by atoms with van der Waals surface area (Å²) in [7, 11) is 0. The predicted octanol–water partition coefficient (Wildman–Crippen LogP) is 4.66. The molecule has 3 heteroatoms. The molecule has 0 fully saturated rings. The van der Waals surface area contributed by atoms with Crippen LogP contribution in [0.5, 0.6) is 0 Å². The van der Waals surface area contributed by atoms with Crippen LogP contribution in [0.25, 0.3) is 0 Å². The van der Waals surface area contributed by atoms with Crippen LogP contribution in [0, 0.1) is 13.8 Å². The number of aryl methyl sites for hydroxylation is 2. The van der Waals surface area contributed by atoms with Crippen LogP contribution in [-0.4, -0.2) is 0 Å². The average molecular weight is 280 g/mol. The summed E-state index contributed by atoms with van der Waals surface area (Å²) in [5.74, 6) is 0. The fourth-order valence-electron chi connectivity index (χ4n) is 2.02. The van der Waals surface area contributed by atoms with E-state index in [4.69, 9.17) is 28.9 Å². The van der Waals surface area contributed by atoms with Crippen LogP contribution in [0.15, 0.2) is 36.4 Å². The summed E-state index contributed by atoms with van der Waals surface area (Å²) < 4.78 is 0. The van der Waals surface area contributed by atoms with E-state index < -0.39 is 0 Å². The molecule has 0 saturated carbocycles. The summed E-state index contributed by atoms with van der Waals surface area (Å²) in [6, 6.07) is 11.4. The molecule has 1 atom stereocenters. The van der Waals surface area contributed by atoms with Crippen molar-refractivity contribution in [3.05, 3.63) is 68.7 Å². The van der Waals surface area contributed by atoms with Crippen molar-refractivity contribution in [1.29, 1.82) is 0 Å². The Morgan fingerprint density at radius 1 is 0.944 bits per heavy atom. The molecule has 0 spiro atoms. The second-order valence-electron chi connectivity index (χ2n) is 4.50. The molecular formula is C15H15Cl2N. The number of halogens is 2. The maximum atomic E-state index is 6.31. The number of hydrogen-bond donors (Lipinski definition) is 1. The Kier molecular flexibility index (Phi) is 3.96. The summed E-state index contributed by atoms with van der Waals surface area (Å²) in [6.45, 7) is 4.10. The summed E-state index contributed by atoms with van der Waals surface area (Å²) in [5.41, 5.74) is 10.6. The van der Waals surface area contributed by atoms with E-state index in [-0.39, 0.29) is 6.04 Å². The molecule has 2 aromatic carbocycles. The van der Waals surface area contributed by atoms with Gasteiger partial charge in [0.05, 0.1) is 6.04 Å². The van der Waals surface area contributed by atoms with Crippen molar-refractivity contribution in [1.82, 2.24) is 0 Å². The Bertz CT molecular complexity index is 527. The maximum absolute atomic E-state index is 6.31. The molecular weight excluding hydrogens is 265 g/mol. The van der Waals surface area contributed by atoms with E-state index in [9.17, 15) is 0 Å². The molecule has 0 aliphatic rings. The van der Waals surface area contributed by atoms with E-state index in [1.165, 1.54) is 5.56 Å². The van der Waals surface area contributed by atoms with Crippen molar-refractivity contribution in [2.24, 2.45) is 5.73 Å². The third-order valence-electron chi connectivity index (χ3n) is 3.06. The van der Waals surface area contributed by atoms with Gasteiger partial charge in [-0.15, -0.1) is 0 Å². The zero-order valence-electron chi connectivity index (χ0n) is 10.4. The number of rotatable bonds is 2. The van der Waals surface area contributed by atoms with Gasteiger partial charge in [0.25, 0.3) is 0 Å². The molecule has 0 saturated heterocycles. The normalized spacial score (nSPS) is 12.5. The molecule has 0 amide bonds. The topological polar surface area (TPSA) is 26.0 Å². The predicted molar refractivity (Wildman–Crippen MR) is 78.4 cm³/mol. The second kappa shape index (κ2) is 5.31. The SMILES string of the molecule is Cc1ccc(C)c(C(N)c2cc(Cl)ccc2Cl)c1. The largest absolute Gasteiger partial charge is 0.320 e. The van der Waals surface area contributed by atoms with Gasteiger partial charge in [-0.1, -0.05) is 47.0 Å². The summed E-state index contributed by atoms with van der Waals surface area (Å²) >= 11 is 12.2. The van der Waals surface area contributed by atoms with Gasteiger partial charge in [0.2, 0.25) is 0 Å². The molecule has 1 nitrogen and oxygen atoms in total. The van der Waals surface area contributed by atoms with Gasteiger partial charge in [0, 0.05) is 10.0 Å². The minimum absolute atomic E-state index is 0.254. The fourth-order valence-corrected chi connectivity index (χ4v) is 2.43. The van der Waals surface area contributed by atoms with Crippen LogP contribution in [0.4, 0.5) is 0 Å². The molecule has 94 valence electrons. The van der Waals surface area contributed by atoms with Crippen LogP contribution in [0.2, 0.25) is 10.0 Å². The molecule has 2 rings (SSSR count). The lowest BCUT2D eigenvalue weighted by molar-refractivity contribution is 0.860. The summed E-state index contributed by atoms with van der Waals surface area (Å²) in [5, 5.41) is 1.29. The van der Waals surface area contributed by atoms with Crippen molar-refractivity contribution in [3.8, 4) is 0 Å². The summed E-state index contributed by atoms with van der Waals surface area (Å²) in [4.78, 5) is 0. The molecule has 0 aromatic heterocycles. The maximum Gasteiger partial charge on any atom is 0.0569 e. The van der Waals surface area contributed by atoms with Gasteiger partial charge in [-0.25, -0.2) is 0 Å². The zero-order chi connectivity index (χ0) is 13.3. The van der Waals surface area contributed by atoms with Crippen LogP contribution >= 0.6 is 23.2 Å². The average Bonchev–Trinajstić information content (AvgIpc) is 2.34. The van der Waals surface area contributed by atoms with Crippen LogP contribution in [0.3, 0.4) is 0 Å². The number of nitrogens with two attached hydrogens (primary N) is 1. The van der Waals surface area contributed by atoms with Gasteiger partial charge < -0.3 is 5.73 Å². The Hall–Kier alpha value is -1.02. The van der Waals surface area contributed by atoms with Gasteiger partial charge in [0.1, 0.15) is 0 Å². The standard InChI is InChI=1S/C15H15Cl2N/c1-9-3-4-10(2)12(7-9)15(18)13-8-11(16)5-6-14(13)17/h3-8,15H,18H2,1-2H3. The van der Waals surface area contributed by atoms with Crippen LogP contribution < -0.4 is 5.73 Å². The van der Waals surface area contributed by atoms with E-state index in [2.05, 4.69) is 25.1 Å². The van der Waals surface area contributed by atoms with Gasteiger partial charge in [-0.3, -0.25) is 0 Å². The molecule has 1 unspecified atom stereocenters. The van der Waals surface area contributed by atoms with E-state index in [1.54, 1.807) is 12.1 Å². The minimum atomic E-state index is -0.254. The van der Waals surface area contributed by atoms with Crippen molar-refractivity contribution in [2.75, 3.05) is 0 Å². The highest BCUT2D eigenvalue weighted by atomic mass is 35.5. The highest BCUT2D eigenvalue weighted by molar-refractivity contribution is 6.33. The minimum Gasteiger partial charge on any atom is -0.320 e. The molecule has 0 bridgehead atoms. The zero-order valence-corrected chi connectivity index (χ0v) is 11.9. The van der Waals surface area contributed by atoms with Crippen molar-refractivity contribution in [3.63, 3.8) is 0 Å². The Morgan fingerprint density at radius 2 is 1.67 bits per heavy atom. The van der Waals surface area contributed by atoms with Crippen molar-refractivity contribution < 1.29 is 0 Å². The van der Waals surface area contributed by atoms with Gasteiger partial charge in [-0.05, 0) is 48.7 Å². The highest BCUT2D eigenvalue weighted by Crippen LogP contribution is 2.30. The van der Waals surface area contributed by atoms with Crippen LogP contribution in [0.1, 0.15) is 28.3 Å². The number of hydrogen-bond acceptors (Lipinski definition) is 1. The first-order valence-electron chi connectivity index (χ1n) is 5.76. The smallest absolute Gasteiger partial charge is 0.0569 e. The second-order valence-corrected chi connectivity index (χ2v) is 5.35. The van der Waals surface area contributed by atoms with E-state index in [1.807, 2.05) is 13.0 Å². The van der Waals surface area contributed by atoms with E-state index in [0.717, 1.165) is 16.7 Å². The molecule has 2 aromatic rings. The third kappa shape index (κ3) is 2.69. The third-order valence-corrected chi connectivity index (χ3v) is 3.64. The first kappa shape index (κ1) is 13.4. The fraction of sp³-hybridized carbons (Fsp3) is 0.200. The lowest BCUT2D eigenvalue weighted by atomic mass is 9.94. The first-order chi connectivity index (χ1) is 8.49.